The molecule has 0 bridgehead atoms. The van der Waals surface area contributed by atoms with Crippen molar-refractivity contribution < 1.29 is 9.90 Å². The minimum absolute atomic E-state index is 0.402. The van der Waals surface area contributed by atoms with Crippen LogP contribution in [0.15, 0.2) is 24.3 Å². The van der Waals surface area contributed by atoms with Gasteiger partial charge in [-0.2, -0.15) is 0 Å². The van der Waals surface area contributed by atoms with Gasteiger partial charge in [0.25, 0.3) is 0 Å². The number of nitrogens with one attached hydrogen (secondary N) is 1. The average Bonchev–Trinajstić information content (AvgIpc) is 2.17. The van der Waals surface area contributed by atoms with Gasteiger partial charge in [-0.15, -0.1) is 11.6 Å². The van der Waals surface area contributed by atoms with E-state index >= 15 is 0 Å². The topological polar surface area (TPSA) is 49.3 Å². The zero-order valence-corrected chi connectivity index (χ0v) is 8.16. The second-order valence-electron chi connectivity index (χ2n) is 3.32. The molecule has 0 saturated heterocycles. The van der Waals surface area contributed by atoms with E-state index in [0.717, 1.165) is 11.1 Å². The molecule has 2 rings (SSSR count). The molecule has 0 amide bonds. The highest BCUT2D eigenvalue weighted by Gasteiger charge is 2.28. The van der Waals surface area contributed by atoms with Gasteiger partial charge in [0.05, 0.1) is 0 Å². The quantitative estimate of drug-likeness (QED) is 0.547. The van der Waals surface area contributed by atoms with Crippen LogP contribution in [0, 0.1) is 0 Å². The number of carboxylic acids is 1. The molecular formula is C10H10ClNO2. The summed E-state index contributed by atoms with van der Waals surface area (Å²) in [7, 11) is 0. The summed E-state index contributed by atoms with van der Waals surface area (Å²) in [6.07, 6.45) is 0.495. The van der Waals surface area contributed by atoms with Gasteiger partial charge in [0.1, 0.15) is 11.5 Å². The van der Waals surface area contributed by atoms with Gasteiger partial charge in [0.2, 0.25) is 0 Å². The molecule has 0 aromatic heterocycles. The smallest absolute Gasteiger partial charge is 0.321 e. The van der Waals surface area contributed by atoms with Crippen molar-refractivity contribution in [2.45, 2.75) is 18.0 Å². The number of benzene rings is 1. The molecule has 2 unspecified atom stereocenters. The van der Waals surface area contributed by atoms with Gasteiger partial charge in [0, 0.05) is 0 Å². The molecule has 74 valence electrons. The largest absolute Gasteiger partial charge is 0.480 e. The van der Waals surface area contributed by atoms with E-state index in [-0.39, 0.29) is 0 Å². The zero-order chi connectivity index (χ0) is 10.1. The predicted octanol–water partition coefficient (Wildman–Crippen LogP) is 1.52. The Morgan fingerprint density at radius 1 is 1.50 bits per heavy atom. The van der Waals surface area contributed by atoms with Crippen molar-refractivity contribution in [1.82, 2.24) is 5.32 Å². The van der Waals surface area contributed by atoms with Crippen LogP contribution in [0.1, 0.15) is 16.6 Å². The molecule has 4 heteroatoms. The summed E-state index contributed by atoms with van der Waals surface area (Å²) < 4.78 is 0. The molecule has 0 spiro atoms. The molecule has 1 heterocycles. The number of carbonyl (C=O) groups is 1. The molecule has 0 radical (unpaired) electrons. The van der Waals surface area contributed by atoms with Crippen molar-refractivity contribution in [3.8, 4) is 0 Å². The van der Waals surface area contributed by atoms with Gasteiger partial charge in [-0.05, 0) is 17.5 Å². The van der Waals surface area contributed by atoms with E-state index in [4.69, 9.17) is 16.7 Å². The van der Waals surface area contributed by atoms with Crippen molar-refractivity contribution in [1.29, 1.82) is 0 Å². The fourth-order valence-corrected chi connectivity index (χ4v) is 2.04. The number of rotatable bonds is 1. The minimum Gasteiger partial charge on any atom is -0.480 e. The first kappa shape index (κ1) is 9.49. The average molecular weight is 212 g/mol. The fraction of sp³-hybridized carbons (Fsp3) is 0.300. The number of fused-ring (bicyclic) bond motifs is 1. The Morgan fingerprint density at radius 3 is 2.93 bits per heavy atom. The summed E-state index contributed by atoms with van der Waals surface area (Å²) in [5.41, 5.74) is 1.59. The third kappa shape index (κ3) is 1.61. The first-order chi connectivity index (χ1) is 6.68. The second kappa shape index (κ2) is 3.59. The maximum Gasteiger partial charge on any atom is 0.321 e. The highest BCUT2D eigenvalue weighted by molar-refractivity contribution is 6.20. The lowest BCUT2D eigenvalue weighted by atomic mass is 9.96. The molecule has 0 aliphatic carbocycles. The van der Waals surface area contributed by atoms with Gasteiger partial charge in [-0.25, -0.2) is 0 Å². The normalized spacial score (nSPS) is 25.5. The van der Waals surface area contributed by atoms with Crippen molar-refractivity contribution >= 4 is 17.6 Å². The maximum absolute atomic E-state index is 10.8. The van der Waals surface area contributed by atoms with Gasteiger partial charge in [-0.1, -0.05) is 24.3 Å². The first-order valence-electron chi connectivity index (χ1n) is 4.39. The number of alkyl halides is 1. The van der Waals surface area contributed by atoms with Crippen LogP contribution in [0.3, 0.4) is 0 Å². The van der Waals surface area contributed by atoms with E-state index in [2.05, 4.69) is 5.32 Å². The summed E-state index contributed by atoms with van der Waals surface area (Å²) in [5.74, 6) is -0.856. The van der Waals surface area contributed by atoms with Crippen LogP contribution in [0.2, 0.25) is 0 Å². The molecule has 1 aromatic rings. The van der Waals surface area contributed by atoms with Crippen molar-refractivity contribution in [2.75, 3.05) is 0 Å². The van der Waals surface area contributed by atoms with E-state index in [9.17, 15) is 4.79 Å². The van der Waals surface area contributed by atoms with Crippen molar-refractivity contribution in [3.05, 3.63) is 35.4 Å². The van der Waals surface area contributed by atoms with Crippen LogP contribution in [0.25, 0.3) is 0 Å². The van der Waals surface area contributed by atoms with Crippen LogP contribution in [-0.2, 0) is 11.2 Å². The standard InChI is InChI=1S/C10H10ClNO2/c11-9-7-4-2-1-3-6(7)5-8(12-9)10(13)14/h1-4,8-9,12H,5H2,(H,13,14). The lowest BCUT2D eigenvalue weighted by Crippen LogP contribution is -2.42. The van der Waals surface area contributed by atoms with E-state index in [1.807, 2.05) is 24.3 Å². The van der Waals surface area contributed by atoms with Crippen LogP contribution in [0.4, 0.5) is 0 Å². The number of aliphatic carboxylic acids is 1. The van der Waals surface area contributed by atoms with Crippen LogP contribution in [0.5, 0.6) is 0 Å². The number of hydrogen-bond acceptors (Lipinski definition) is 2. The third-order valence-corrected chi connectivity index (χ3v) is 2.76. The maximum atomic E-state index is 10.8. The van der Waals surface area contributed by atoms with E-state index < -0.39 is 17.5 Å². The molecule has 0 saturated carbocycles. The number of halogens is 1. The Balaban J connectivity index is 2.33. The van der Waals surface area contributed by atoms with Gasteiger partial charge in [0.15, 0.2) is 0 Å². The Morgan fingerprint density at radius 2 is 2.21 bits per heavy atom. The van der Waals surface area contributed by atoms with Crippen LogP contribution in [-0.4, -0.2) is 17.1 Å². The number of hydrogen-bond donors (Lipinski definition) is 2. The number of carboxylic acid groups (broad SMARTS) is 1. The van der Waals surface area contributed by atoms with E-state index in [0.29, 0.717) is 6.42 Å². The lowest BCUT2D eigenvalue weighted by molar-refractivity contribution is -0.139. The molecule has 14 heavy (non-hydrogen) atoms. The van der Waals surface area contributed by atoms with E-state index in [1.54, 1.807) is 0 Å². The first-order valence-corrected chi connectivity index (χ1v) is 4.83. The predicted molar refractivity (Wildman–Crippen MR) is 53.3 cm³/mol. The Labute approximate surface area is 86.7 Å². The summed E-state index contributed by atoms with van der Waals surface area (Å²) >= 11 is 6.01. The molecule has 3 nitrogen and oxygen atoms in total. The minimum atomic E-state index is -0.856. The molecule has 1 aliphatic heterocycles. The summed E-state index contributed by atoms with van der Waals surface area (Å²) in [6.45, 7) is 0. The van der Waals surface area contributed by atoms with Crippen LogP contribution < -0.4 is 5.32 Å². The molecule has 2 N–H and O–H groups in total. The zero-order valence-electron chi connectivity index (χ0n) is 7.40. The Hall–Kier alpha value is -1.06. The molecule has 0 fully saturated rings. The lowest BCUT2D eigenvalue weighted by Gasteiger charge is -2.27. The second-order valence-corrected chi connectivity index (χ2v) is 3.76. The summed E-state index contributed by atoms with van der Waals surface area (Å²) in [4.78, 5) is 10.8. The Bertz CT molecular complexity index is 367. The van der Waals surface area contributed by atoms with E-state index in [1.165, 1.54) is 0 Å². The highest BCUT2D eigenvalue weighted by Crippen LogP contribution is 2.27. The monoisotopic (exact) mass is 211 g/mol. The van der Waals surface area contributed by atoms with Gasteiger partial charge in [-0.3, -0.25) is 10.1 Å². The molecule has 1 aliphatic rings. The molecule has 2 atom stereocenters. The summed E-state index contributed by atoms with van der Waals surface area (Å²) in [6, 6.07) is 7.05. The third-order valence-electron chi connectivity index (χ3n) is 2.40. The Kier molecular flexibility index (Phi) is 2.44. The fourth-order valence-electron chi connectivity index (χ4n) is 1.67. The van der Waals surface area contributed by atoms with Crippen molar-refractivity contribution in [2.24, 2.45) is 0 Å². The summed E-state index contributed by atoms with van der Waals surface area (Å²) in [5, 5.41) is 11.7. The molecule has 1 aromatic carbocycles. The SMILES string of the molecule is O=C(O)C1Cc2ccccc2C(Cl)N1. The highest BCUT2D eigenvalue weighted by atomic mass is 35.5. The van der Waals surface area contributed by atoms with Gasteiger partial charge >= 0.3 is 5.97 Å². The molecular weight excluding hydrogens is 202 g/mol. The van der Waals surface area contributed by atoms with Gasteiger partial charge < -0.3 is 5.11 Å². The van der Waals surface area contributed by atoms with Crippen LogP contribution >= 0.6 is 11.6 Å². The van der Waals surface area contributed by atoms with Crippen molar-refractivity contribution in [3.63, 3.8) is 0 Å².